The summed E-state index contributed by atoms with van der Waals surface area (Å²) in [6.45, 7) is 10.4. The van der Waals surface area contributed by atoms with E-state index in [1.54, 1.807) is 6.26 Å². The van der Waals surface area contributed by atoms with Gasteiger partial charge in [-0.15, -0.1) is 0 Å². The lowest BCUT2D eigenvalue weighted by atomic mass is 9.39. The van der Waals surface area contributed by atoms with E-state index in [1.165, 1.54) is 56.1 Å². The van der Waals surface area contributed by atoms with Gasteiger partial charge in [-0.1, -0.05) is 34.1 Å². The zero-order valence-electron chi connectivity index (χ0n) is 21.3. The van der Waals surface area contributed by atoms with E-state index in [9.17, 15) is 0 Å². The molecule has 2 N–H and O–H groups in total. The highest BCUT2D eigenvalue weighted by molar-refractivity contribution is 5.78. The van der Waals surface area contributed by atoms with Gasteiger partial charge < -0.3 is 15.1 Å². The van der Waals surface area contributed by atoms with Crippen LogP contribution in [0, 0.1) is 34.0 Å². The van der Waals surface area contributed by atoms with Gasteiger partial charge in [0.1, 0.15) is 0 Å². The molecule has 3 aliphatic carbocycles. The molecule has 5 atom stereocenters. The third kappa shape index (κ3) is 4.03. The Morgan fingerprint density at radius 2 is 1.91 bits per heavy atom. The van der Waals surface area contributed by atoms with Crippen LogP contribution in [0.15, 0.2) is 39.8 Å². The summed E-state index contributed by atoms with van der Waals surface area (Å²) in [5.74, 6) is 2.78. The largest absolute Gasteiger partial charge is 0.472 e. The number of allylic oxidation sites excluding steroid dienone is 1. The molecule has 0 radical (unpaired) electrons. The van der Waals surface area contributed by atoms with Crippen molar-refractivity contribution < 1.29 is 4.42 Å². The molecule has 1 aromatic rings. The van der Waals surface area contributed by atoms with Gasteiger partial charge in [0.25, 0.3) is 0 Å². The Hall–Kier alpha value is -1.71. The van der Waals surface area contributed by atoms with Crippen molar-refractivity contribution in [2.75, 3.05) is 14.1 Å². The van der Waals surface area contributed by atoms with Crippen molar-refractivity contribution in [3.63, 3.8) is 0 Å². The van der Waals surface area contributed by atoms with Crippen molar-refractivity contribution in [2.45, 2.75) is 85.5 Å². The number of rotatable bonds is 4. The third-order valence-corrected chi connectivity index (χ3v) is 9.93. The van der Waals surface area contributed by atoms with Crippen LogP contribution in [0.1, 0.15) is 84.6 Å². The fraction of sp³-hybridized carbons (Fsp3) is 0.750. The number of nitrogens with two attached hydrogens (primary N) is 1. The first-order valence-corrected chi connectivity index (χ1v) is 12.8. The zero-order chi connectivity index (χ0) is 23.1. The molecule has 3 fully saturated rings. The molecule has 0 spiro atoms. The van der Waals surface area contributed by atoms with Gasteiger partial charge in [-0.2, -0.15) is 0 Å². The first-order valence-electron chi connectivity index (χ1n) is 12.8. The number of hydrogen-bond donors (Lipinski definition) is 1. The Kier molecular flexibility index (Phi) is 6.28. The maximum absolute atomic E-state index is 6.15. The Labute approximate surface area is 195 Å². The van der Waals surface area contributed by atoms with E-state index in [4.69, 9.17) is 10.2 Å². The van der Waals surface area contributed by atoms with Gasteiger partial charge >= 0.3 is 0 Å². The highest BCUT2D eigenvalue weighted by atomic mass is 16.3. The number of aliphatic imine (C=N–C) groups is 1. The summed E-state index contributed by atoms with van der Waals surface area (Å²) in [6, 6.07) is 2.12. The molecule has 1 heterocycles. The number of hydrogen-bond acceptors (Lipinski definition) is 2. The van der Waals surface area contributed by atoms with E-state index in [0.717, 1.165) is 24.7 Å². The maximum atomic E-state index is 6.15. The zero-order valence-corrected chi connectivity index (χ0v) is 21.3. The van der Waals surface area contributed by atoms with Crippen LogP contribution >= 0.6 is 0 Å². The molecular formula is C28H45N3O. The number of nitrogens with zero attached hydrogens (tertiary/aromatic N) is 2. The topological polar surface area (TPSA) is 54.8 Å². The predicted molar refractivity (Wildman–Crippen MR) is 133 cm³/mol. The number of guanidine groups is 1. The second kappa shape index (κ2) is 8.57. The molecule has 3 aliphatic rings. The maximum Gasteiger partial charge on any atom is 0.195 e. The highest BCUT2D eigenvalue weighted by Crippen LogP contribution is 2.69. The average molecular weight is 440 g/mol. The molecule has 4 nitrogen and oxygen atoms in total. The van der Waals surface area contributed by atoms with Crippen LogP contribution in [0.25, 0.3) is 0 Å². The quantitative estimate of drug-likeness (QED) is 0.423. The lowest BCUT2D eigenvalue weighted by Crippen LogP contribution is -2.58. The minimum absolute atomic E-state index is 0.328. The van der Waals surface area contributed by atoms with Gasteiger partial charge in [-0.3, -0.25) is 0 Å². The van der Waals surface area contributed by atoms with E-state index in [2.05, 4.69) is 45.0 Å². The Morgan fingerprint density at radius 1 is 1.12 bits per heavy atom. The van der Waals surface area contributed by atoms with Gasteiger partial charge in [-0.25, -0.2) is 4.99 Å². The lowest BCUT2D eigenvalue weighted by molar-refractivity contribution is -0.153. The van der Waals surface area contributed by atoms with Crippen LogP contribution in [0.4, 0.5) is 0 Å². The predicted octanol–water partition coefficient (Wildman–Crippen LogP) is 6.63. The molecule has 0 aromatic carbocycles. The van der Waals surface area contributed by atoms with Crippen molar-refractivity contribution in [2.24, 2.45) is 44.7 Å². The van der Waals surface area contributed by atoms with Crippen molar-refractivity contribution in [1.29, 1.82) is 0 Å². The first-order chi connectivity index (χ1) is 15.1. The molecule has 1 aromatic heterocycles. The van der Waals surface area contributed by atoms with Crippen molar-refractivity contribution in [3.05, 3.63) is 35.9 Å². The molecular weight excluding hydrogens is 394 g/mol. The SMILES string of the molecule is CN(C)C(N)=NC=C1CCC2C(C)(CCC3C(C)(C)CCCC32C)C1CCc1ccoc1. The molecule has 0 amide bonds. The van der Waals surface area contributed by atoms with E-state index >= 15 is 0 Å². The van der Waals surface area contributed by atoms with E-state index in [0.29, 0.717) is 28.1 Å². The summed E-state index contributed by atoms with van der Waals surface area (Å²) >= 11 is 0. The van der Waals surface area contributed by atoms with Gasteiger partial charge in [0.15, 0.2) is 5.96 Å². The van der Waals surface area contributed by atoms with Crippen molar-refractivity contribution in [1.82, 2.24) is 4.90 Å². The van der Waals surface area contributed by atoms with Crippen molar-refractivity contribution >= 4 is 5.96 Å². The van der Waals surface area contributed by atoms with Crippen LogP contribution in [0.5, 0.6) is 0 Å². The third-order valence-electron chi connectivity index (χ3n) is 9.93. The van der Waals surface area contributed by atoms with Crippen LogP contribution in [-0.2, 0) is 6.42 Å². The molecule has 4 rings (SSSR count). The summed E-state index contributed by atoms with van der Waals surface area (Å²) in [4.78, 5) is 6.56. The van der Waals surface area contributed by atoms with E-state index in [1.807, 2.05) is 25.3 Å². The molecule has 0 bridgehead atoms. The van der Waals surface area contributed by atoms with E-state index < -0.39 is 0 Å². The second-order valence-electron chi connectivity index (χ2n) is 12.3. The Morgan fingerprint density at radius 3 is 2.59 bits per heavy atom. The summed E-state index contributed by atoms with van der Waals surface area (Å²) in [5.41, 5.74) is 10.2. The smallest absolute Gasteiger partial charge is 0.195 e. The average Bonchev–Trinajstić information content (AvgIpc) is 3.23. The molecule has 0 saturated heterocycles. The number of furan rings is 1. The first kappa shape index (κ1) is 23.4. The van der Waals surface area contributed by atoms with Crippen LogP contribution in [0.3, 0.4) is 0 Å². The van der Waals surface area contributed by atoms with Crippen LogP contribution in [-0.4, -0.2) is 25.0 Å². The lowest BCUT2D eigenvalue weighted by Gasteiger charge is -2.66. The summed E-state index contributed by atoms with van der Waals surface area (Å²) < 4.78 is 5.37. The monoisotopic (exact) mass is 439 g/mol. The Bertz CT molecular complexity index is 852. The molecule has 5 unspecified atom stereocenters. The van der Waals surface area contributed by atoms with Gasteiger partial charge in [0.2, 0.25) is 0 Å². The number of aryl methyl sites for hydroxylation is 1. The van der Waals surface area contributed by atoms with Crippen LogP contribution < -0.4 is 5.73 Å². The highest BCUT2D eigenvalue weighted by Gasteiger charge is 2.61. The van der Waals surface area contributed by atoms with Gasteiger partial charge in [0.05, 0.1) is 12.5 Å². The molecule has 4 heteroatoms. The normalized spacial score (nSPS) is 38.2. The minimum atomic E-state index is 0.328. The van der Waals surface area contributed by atoms with E-state index in [-0.39, 0.29) is 0 Å². The Balaban J connectivity index is 1.68. The molecule has 32 heavy (non-hydrogen) atoms. The van der Waals surface area contributed by atoms with Gasteiger partial charge in [0, 0.05) is 20.3 Å². The number of fused-ring (bicyclic) bond motifs is 3. The van der Waals surface area contributed by atoms with Crippen molar-refractivity contribution in [3.8, 4) is 0 Å². The molecule has 3 saturated carbocycles. The summed E-state index contributed by atoms with van der Waals surface area (Å²) in [7, 11) is 3.91. The second-order valence-corrected chi connectivity index (χ2v) is 12.3. The fourth-order valence-electron chi connectivity index (χ4n) is 8.35. The summed E-state index contributed by atoms with van der Waals surface area (Å²) in [6.07, 6.45) is 17.4. The van der Waals surface area contributed by atoms with Gasteiger partial charge in [-0.05, 0) is 103 Å². The standard InChI is InChI=1S/C28H45N3O/c1-26(2)14-7-15-28(4)23(26)12-16-27(3)22(10-8-20-13-17-32-19-20)21(9-11-24(27)28)18-30-25(29)31(5)6/h13,17-19,22-24H,7-12,14-16H2,1-6H3,(H2,29,30). The fourth-order valence-corrected chi connectivity index (χ4v) is 8.35. The minimum Gasteiger partial charge on any atom is -0.472 e. The molecule has 178 valence electrons. The van der Waals surface area contributed by atoms with Crippen LogP contribution in [0.2, 0.25) is 0 Å². The summed E-state index contributed by atoms with van der Waals surface area (Å²) in [5, 5.41) is 0. The molecule has 0 aliphatic heterocycles.